The van der Waals surface area contributed by atoms with Crippen molar-refractivity contribution in [3.8, 4) is 0 Å². The van der Waals surface area contributed by atoms with Gasteiger partial charge in [-0.15, -0.1) is 0 Å². The maximum absolute atomic E-state index is 12.7. The second kappa shape index (κ2) is 43.0. The van der Waals surface area contributed by atoms with Crippen molar-refractivity contribution in [1.29, 1.82) is 0 Å². The number of hydrogen-bond acceptors (Lipinski definition) is 8. The number of esters is 2. The predicted octanol–water partition coefficient (Wildman–Crippen LogP) is 14.3. The van der Waals surface area contributed by atoms with Crippen LogP contribution in [-0.2, 0) is 32.7 Å². The summed E-state index contributed by atoms with van der Waals surface area (Å²) >= 11 is 0. The highest BCUT2D eigenvalue weighted by atomic mass is 31.2. The van der Waals surface area contributed by atoms with Crippen LogP contribution in [0.2, 0.25) is 0 Å². The van der Waals surface area contributed by atoms with Gasteiger partial charge >= 0.3 is 11.9 Å². The first-order chi connectivity index (χ1) is 29.0. The van der Waals surface area contributed by atoms with Crippen molar-refractivity contribution in [2.24, 2.45) is 0 Å². The fourth-order valence-corrected chi connectivity index (χ4v) is 8.03. The Balaban J connectivity index is 4.22. The molecule has 2 atom stereocenters. The number of hydrogen-bond donors (Lipinski definition) is 0. The van der Waals surface area contributed by atoms with E-state index in [2.05, 4.69) is 26.0 Å². The molecule has 0 fully saturated rings. The van der Waals surface area contributed by atoms with Crippen LogP contribution in [0, 0.1) is 0 Å². The SMILES string of the molecule is CCCCCCCCCC/C=C\CCCCCCCCCCCC(=O)OC(COC(=O)CCCCCCCCCCCCCCCCC)COP(=O)([O-])OCC[N+](C)(C)C. The highest BCUT2D eigenvalue weighted by Crippen LogP contribution is 2.38. The number of unbranched alkanes of at least 4 members (excludes halogenated alkanes) is 31. The van der Waals surface area contributed by atoms with Crippen LogP contribution >= 0.6 is 7.82 Å². The highest BCUT2D eigenvalue weighted by Gasteiger charge is 2.21. The number of likely N-dealkylation sites (N-methyl/N-ethyl adjacent to an activating group) is 1. The number of ether oxygens (including phenoxy) is 2. The molecule has 0 heterocycles. The summed E-state index contributed by atoms with van der Waals surface area (Å²) in [4.78, 5) is 37.7. The normalized spacial score (nSPS) is 13.5. The molecule has 0 saturated heterocycles. The Morgan fingerprint density at radius 3 is 1.23 bits per heavy atom. The van der Waals surface area contributed by atoms with Gasteiger partial charge in [0.05, 0.1) is 27.7 Å². The van der Waals surface area contributed by atoms with Gasteiger partial charge in [-0.1, -0.05) is 206 Å². The molecule has 0 aliphatic heterocycles. The molecular formula is C50H98NO8P. The van der Waals surface area contributed by atoms with Gasteiger partial charge < -0.3 is 27.9 Å². The zero-order valence-corrected chi connectivity index (χ0v) is 41.1. The van der Waals surface area contributed by atoms with Crippen LogP contribution in [0.15, 0.2) is 12.2 Å². The van der Waals surface area contributed by atoms with Gasteiger partial charge in [-0.3, -0.25) is 14.2 Å². The van der Waals surface area contributed by atoms with Crippen molar-refractivity contribution < 1.29 is 42.1 Å². The summed E-state index contributed by atoms with van der Waals surface area (Å²) in [7, 11) is 1.18. The number of phosphoric acid groups is 1. The maximum Gasteiger partial charge on any atom is 0.306 e. The van der Waals surface area contributed by atoms with E-state index in [0.29, 0.717) is 17.4 Å². The van der Waals surface area contributed by atoms with Gasteiger partial charge in [-0.05, 0) is 38.5 Å². The van der Waals surface area contributed by atoms with E-state index < -0.39 is 26.5 Å². The van der Waals surface area contributed by atoms with E-state index in [-0.39, 0.29) is 32.0 Å². The summed E-state index contributed by atoms with van der Waals surface area (Å²) in [5, 5.41) is 0. The quantitative estimate of drug-likeness (QED) is 0.0195. The minimum absolute atomic E-state index is 0.0277. The summed E-state index contributed by atoms with van der Waals surface area (Å²) in [6.07, 6.45) is 46.6. The third-order valence-electron chi connectivity index (χ3n) is 11.3. The predicted molar refractivity (Wildman–Crippen MR) is 250 cm³/mol. The minimum atomic E-state index is -4.62. The second-order valence-corrected chi connectivity index (χ2v) is 20.0. The summed E-state index contributed by atoms with van der Waals surface area (Å²) in [5.74, 6) is -0.822. The van der Waals surface area contributed by atoms with Crippen LogP contribution in [0.3, 0.4) is 0 Å². The number of nitrogens with zero attached hydrogens (tertiary/aromatic N) is 1. The smallest absolute Gasteiger partial charge is 0.306 e. The molecule has 356 valence electrons. The molecule has 0 radical (unpaired) electrons. The zero-order chi connectivity index (χ0) is 44.3. The molecule has 9 nitrogen and oxygen atoms in total. The molecular weight excluding hydrogens is 774 g/mol. The van der Waals surface area contributed by atoms with Crippen molar-refractivity contribution >= 4 is 19.8 Å². The fourth-order valence-electron chi connectivity index (χ4n) is 7.30. The Hall–Kier alpha value is -1.25. The van der Waals surface area contributed by atoms with Crippen molar-refractivity contribution in [2.45, 2.75) is 251 Å². The molecule has 0 rings (SSSR count). The molecule has 0 aromatic carbocycles. The van der Waals surface area contributed by atoms with Crippen molar-refractivity contribution in [3.63, 3.8) is 0 Å². The van der Waals surface area contributed by atoms with Crippen LogP contribution in [0.5, 0.6) is 0 Å². The summed E-state index contributed by atoms with van der Waals surface area (Å²) in [5.41, 5.74) is 0. The molecule has 0 saturated carbocycles. The number of allylic oxidation sites excluding steroid dienone is 2. The molecule has 0 spiro atoms. The maximum atomic E-state index is 12.7. The van der Waals surface area contributed by atoms with Gasteiger partial charge in [-0.25, -0.2) is 0 Å². The number of rotatable bonds is 47. The molecule has 0 bridgehead atoms. The monoisotopic (exact) mass is 872 g/mol. The minimum Gasteiger partial charge on any atom is -0.756 e. The van der Waals surface area contributed by atoms with E-state index in [9.17, 15) is 19.0 Å². The third kappa shape index (κ3) is 46.3. The lowest BCUT2D eigenvalue weighted by molar-refractivity contribution is -0.870. The van der Waals surface area contributed by atoms with E-state index in [4.69, 9.17) is 18.5 Å². The Kier molecular flexibility index (Phi) is 42.1. The van der Waals surface area contributed by atoms with Gasteiger partial charge in [-0.2, -0.15) is 0 Å². The molecule has 0 amide bonds. The lowest BCUT2D eigenvalue weighted by atomic mass is 10.0. The molecule has 0 aromatic heterocycles. The van der Waals surface area contributed by atoms with E-state index in [1.54, 1.807) is 0 Å². The van der Waals surface area contributed by atoms with Crippen molar-refractivity contribution in [2.75, 3.05) is 47.5 Å². The van der Waals surface area contributed by atoms with Gasteiger partial charge in [0, 0.05) is 12.8 Å². The molecule has 0 aliphatic rings. The fraction of sp³-hybridized carbons (Fsp3) is 0.920. The first kappa shape index (κ1) is 58.8. The molecule has 0 N–H and O–H groups in total. The van der Waals surface area contributed by atoms with Crippen LogP contribution in [0.1, 0.15) is 245 Å². The zero-order valence-electron chi connectivity index (χ0n) is 40.2. The third-order valence-corrected chi connectivity index (χ3v) is 12.2. The van der Waals surface area contributed by atoms with E-state index >= 15 is 0 Å². The number of quaternary nitrogens is 1. The van der Waals surface area contributed by atoms with Crippen molar-refractivity contribution in [1.82, 2.24) is 0 Å². The lowest BCUT2D eigenvalue weighted by Gasteiger charge is -2.28. The lowest BCUT2D eigenvalue weighted by Crippen LogP contribution is -2.37. The number of carbonyl (C=O) groups excluding carboxylic acids is 2. The van der Waals surface area contributed by atoms with E-state index in [1.807, 2.05) is 21.1 Å². The first-order valence-corrected chi connectivity index (χ1v) is 26.9. The van der Waals surface area contributed by atoms with Crippen LogP contribution in [0.25, 0.3) is 0 Å². The number of phosphoric ester groups is 1. The second-order valence-electron chi connectivity index (χ2n) is 18.5. The topological polar surface area (TPSA) is 111 Å². The summed E-state index contributed by atoms with van der Waals surface area (Å²) in [6.45, 7) is 4.27. The van der Waals surface area contributed by atoms with Gasteiger partial charge in [0.1, 0.15) is 19.8 Å². The average Bonchev–Trinajstić information content (AvgIpc) is 3.20. The molecule has 0 aromatic rings. The van der Waals surface area contributed by atoms with Crippen LogP contribution in [-0.4, -0.2) is 70.0 Å². The first-order valence-electron chi connectivity index (χ1n) is 25.4. The molecule has 10 heteroatoms. The van der Waals surface area contributed by atoms with Gasteiger partial charge in [0.25, 0.3) is 7.82 Å². The summed E-state index contributed by atoms with van der Waals surface area (Å²) < 4.78 is 34.0. The summed E-state index contributed by atoms with van der Waals surface area (Å²) in [6, 6.07) is 0. The van der Waals surface area contributed by atoms with Crippen LogP contribution < -0.4 is 4.89 Å². The van der Waals surface area contributed by atoms with Gasteiger partial charge in [0.2, 0.25) is 0 Å². The molecule has 60 heavy (non-hydrogen) atoms. The Bertz CT molecular complexity index is 1030. The Morgan fingerprint density at radius 1 is 0.500 bits per heavy atom. The van der Waals surface area contributed by atoms with E-state index in [0.717, 1.165) is 38.5 Å². The Labute approximate surface area is 371 Å². The molecule has 2 unspecified atom stereocenters. The molecule has 0 aliphatic carbocycles. The largest absolute Gasteiger partial charge is 0.756 e. The Morgan fingerprint density at radius 2 is 0.850 bits per heavy atom. The highest BCUT2D eigenvalue weighted by molar-refractivity contribution is 7.45. The van der Waals surface area contributed by atoms with E-state index in [1.165, 1.54) is 173 Å². The number of carbonyl (C=O) groups is 2. The standard InChI is InChI=1S/C50H98NO8P/c1-6-8-10-12-14-16-18-20-22-23-24-25-26-27-29-31-33-35-37-39-41-43-50(53)59-48(47-58-60(54,55)57-45-44-51(3,4)5)46-56-49(52)42-40-38-36-34-32-30-28-21-19-17-15-13-11-9-7-2/h23-24,48H,6-22,25-47H2,1-5H3/b24-23-. The van der Waals surface area contributed by atoms with Gasteiger partial charge in [0.15, 0.2) is 6.10 Å². The van der Waals surface area contributed by atoms with Crippen LogP contribution in [0.4, 0.5) is 0 Å². The average molecular weight is 872 g/mol. The van der Waals surface area contributed by atoms with Crippen molar-refractivity contribution in [3.05, 3.63) is 12.2 Å².